The van der Waals surface area contributed by atoms with Crippen LogP contribution in [0.25, 0.3) is 0 Å². The number of allylic oxidation sites excluding steroid dienone is 2. The number of methoxy groups -OCH3 is 1. The Labute approximate surface area is 303 Å². The van der Waals surface area contributed by atoms with Gasteiger partial charge in [-0.25, -0.2) is 9.69 Å². The number of carbonyl (C=O) groups is 5. The molecule has 0 radical (unpaired) electrons. The summed E-state index contributed by atoms with van der Waals surface area (Å²) in [6, 6.07) is 24.5. The number of carboxylic acid groups (broad SMARTS) is 1. The average molecular weight is 714 g/mol. The third-order valence-corrected chi connectivity index (χ3v) is 11.4. The van der Waals surface area contributed by atoms with E-state index in [1.165, 1.54) is 25.3 Å². The predicted molar refractivity (Wildman–Crippen MR) is 191 cm³/mol. The van der Waals surface area contributed by atoms with Crippen LogP contribution >= 0.6 is 0 Å². The van der Waals surface area contributed by atoms with Crippen LogP contribution in [0.5, 0.6) is 17.2 Å². The molecule has 268 valence electrons. The monoisotopic (exact) mass is 713 g/mol. The van der Waals surface area contributed by atoms with E-state index in [1.807, 2.05) is 43.3 Å². The van der Waals surface area contributed by atoms with Crippen molar-refractivity contribution in [2.24, 2.45) is 23.7 Å². The lowest BCUT2D eigenvalue weighted by Crippen LogP contribution is -2.53. The van der Waals surface area contributed by atoms with Crippen LogP contribution in [0.4, 0.5) is 11.4 Å². The molecule has 4 aliphatic rings. The molecular formula is C41H35N3O9. The SMILES string of the molecule is COc1cc(O)ccc1[C@H]1C2=CC[C@@H]3C(=O)N(c4ccc(C(=O)O)c(O)c4)C(=O)[C@@H]3[C@@H]2C[C@H]2C(=O)N(Nc3ccc(C)cc3)C(=O)[C@@]12c1ccccc1. The second kappa shape index (κ2) is 12.4. The highest BCUT2D eigenvalue weighted by molar-refractivity contribution is 6.23. The van der Waals surface area contributed by atoms with Crippen molar-refractivity contribution >= 4 is 41.0 Å². The first-order chi connectivity index (χ1) is 25.5. The van der Waals surface area contributed by atoms with Gasteiger partial charge in [0, 0.05) is 23.6 Å². The van der Waals surface area contributed by atoms with Gasteiger partial charge in [-0.2, -0.15) is 5.01 Å². The minimum atomic E-state index is -1.53. The van der Waals surface area contributed by atoms with Crippen LogP contribution in [-0.4, -0.2) is 57.0 Å². The zero-order valence-electron chi connectivity index (χ0n) is 28.7. The Morgan fingerprint density at radius 3 is 2.28 bits per heavy atom. The first-order valence-electron chi connectivity index (χ1n) is 17.3. The van der Waals surface area contributed by atoms with Crippen LogP contribution < -0.4 is 15.1 Å². The number of aromatic carboxylic acids is 1. The average Bonchev–Trinajstić information content (AvgIpc) is 3.53. The largest absolute Gasteiger partial charge is 0.508 e. The van der Waals surface area contributed by atoms with Gasteiger partial charge in [0.1, 0.15) is 22.8 Å². The highest BCUT2D eigenvalue weighted by atomic mass is 16.5. The molecular weight excluding hydrogens is 678 g/mol. The molecule has 8 rings (SSSR count). The summed E-state index contributed by atoms with van der Waals surface area (Å²) in [5.74, 6) is -8.08. The number of imide groups is 2. The molecule has 3 fully saturated rings. The van der Waals surface area contributed by atoms with E-state index in [1.54, 1.807) is 30.3 Å². The van der Waals surface area contributed by atoms with Gasteiger partial charge in [-0.15, -0.1) is 0 Å². The number of anilines is 2. The van der Waals surface area contributed by atoms with Crippen molar-refractivity contribution in [1.29, 1.82) is 0 Å². The van der Waals surface area contributed by atoms with Gasteiger partial charge in [0.25, 0.3) is 11.8 Å². The maximum atomic E-state index is 15.3. The molecule has 2 heterocycles. The summed E-state index contributed by atoms with van der Waals surface area (Å²) in [6.07, 6.45) is 2.11. The summed E-state index contributed by atoms with van der Waals surface area (Å²) in [7, 11) is 1.45. The number of aryl methyl sites for hydroxylation is 1. The quantitative estimate of drug-likeness (QED) is 0.145. The van der Waals surface area contributed by atoms with Crippen molar-refractivity contribution < 1.29 is 44.0 Å². The molecule has 1 saturated carbocycles. The number of rotatable bonds is 7. The minimum Gasteiger partial charge on any atom is -0.508 e. The van der Waals surface area contributed by atoms with Gasteiger partial charge in [-0.1, -0.05) is 65.7 Å². The number of nitrogens with one attached hydrogen (secondary N) is 1. The van der Waals surface area contributed by atoms with Crippen LogP contribution in [0.1, 0.15) is 45.8 Å². The number of amides is 4. The highest BCUT2D eigenvalue weighted by Gasteiger charge is 2.70. The van der Waals surface area contributed by atoms with E-state index >= 15 is 4.79 Å². The number of phenols is 2. The summed E-state index contributed by atoms with van der Waals surface area (Å²) in [5.41, 5.74) is 4.52. The maximum Gasteiger partial charge on any atom is 0.339 e. The van der Waals surface area contributed by atoms with E-state index in [0.717, 1.165) is 27.6 Å². The summed E-state index contributed by atoms with van der Waals surface area (Å²) in [5, 5.41) is 31.5. The lowest BCUT2D eigenvalue weighted by atomic mass is 9.49. The van der Waals surface area contributed by atoms with E-state index in [9.17, 15) is 34.5 Å². The molecule has 0 bridgehead atoms. The molecule has 0 aromatic heterocycles. The lowest BCUT2D eigenvalue weighted by Gasteiger charge is -2.50. The maximum absolute atomic E-state index is 15.3. The van der Waals surface area contributed by atoms with Crippen molar-refractivity contribution in [3.63, 3.8) is 0 Å². The second-order valence-corrected chi connectivity index (χ2v) is 14.0. The Kier molecular flexibility index (Phi) is 7.86. The van der Waals surface area contributed by atoms with E-state index in [0.29, 0.717) is 22.4 Å². The standard InChI is InChI=1S/C41H35N3O9/c1-21-8-10-23(11-9-21)42-44-37(48)31-20-30-26(16-17-29-34(30)38(49)43(36(29)47)24-12-14-27(39(50)51)32(46)18-24)35(28-15-13-25(45)19-33(28)53-2)41(31,40(44)52)22-6-4-3-5-7-22/h3-16,18-19,29-31,34-35,42,45-46H,17,20H2,1-2H3,(H,50,51)/t29-,30+,31-,34-,35+,41+/m0/s1. The van der Waals surface area contributed by atoms with Crippen LogP contribution in [0.2, 0.25) is 0 Å². The summed E-state index contributed by atoms with van der Waals surface area (Å²) < 4.78 is 5.81. The van der Waals surface area contributed by atoms with E-state index < -0.39 is 70.4 Å². The Bertz CT molecular complexity index is 2250. The summed E-state index contributed by atoms with van der Waals surface area (Å²) in [6.45, 7) is 1.93. The number of hydrogen-bond acceptors (Lipinski definition) is 9. The number of hydrogen-bond donors (Lipinski definition) is 4. The van der Waals surface area contributed by atoms with Gasteiger partial charge in [0.15, 0.2) is 0 Å². The third-order valence-electron chi connectivity index (χ3n) is 11.4. The topological polar surface area (TPSA) is 174 Å². The number of hydrazine groups is 1. The van der Waals surface area contributed by atoms with Crippen molar-refractivity contribution in [2.45, 2.75) is 31.1 Å². The van der Waals surface area contributed by atoms with Crippen molar-refractivity contribution in [3.05, 3.63) is 125 Å². The number of ether oxygens (including phenoxy) is 1. The predicted octanol–water partition coefficient (Wildman–Crippen LogP) is 5.30. The fourth-order valence-corrected chi connectivity index (χ4v) is 9.12. The Morgan fingerprint density at radius 2 is 1.60 bits per heavy atom. The summed E-state index contributed by atoms with van der Waals surface area (Å²) in [4.78, 5) is 71.2. The lowest BCUT2D eigenvalue weighted by molar-refractivity contribution is -0.138. The molecule has 2 aliphatic carbocycles. The first kappa shape index (κ1) is 33.7. The Balaban J connectivity index is 1.31. The Hall–Kier alpha value is -6.43. The molecule has 4 N–H and O–H groups in total. The zero-order chi connectivity index (χ0) is 37.3. The zero-order valence-corrected chi connectivity index (χ0v) is 28.7. The van der Waals surface area contributed by atoms with Crippen LogP contribution in [0, 0.1) is 30.6 Å². The minimum absolute atomic E-state index is 0.0326. The van der Waals surface area contributed by atoms with Crippen molar-refractivity contribution in [2.75, 3.05) is 17.4 Å². The fraction of sp³-hybridized carbons (Fsp3) is 0.244. The second-order valence-electron chi connectivity index (χ2n) is 14.0. The fourth-order valence-electron chi connectivity index (χ4n) is 9.12. The molecule has 0 unspecified atom stereocenters. The number of nitrogens with zero attached hydrogens (tertiary/aromatic N) is 2. The van der Waals surface area contributed by atoms with E-state index in [-0.39, 0.29) is 35.6 Å². The van der Waals surface area contributed by atoms with Gasteiger partial charge in [0.05, 0.1) is 41.7 Å². The van der Waals surface area contributed by atoms with Crippen molar-refractivity contribution in [1.82, 2.24) is 5.01 Å². The number of phenolic OH excluding ortho intramolecular Hbond substituents is 1. The van der Waals surface area contributed by atoms with Gasteiger partial charge in [-0.05, 0) is 61.6 Å². The number of carboxylic acids is 1. The Morgan fingerprint density at radius 1 is 0.868 bits per heavy atom. The molecule has 2 saturated heterocycles. The van der Waals surface area contributed by atoms with Crippen molar-refractivity contribution in [3.8, 4) is 17.2 Å². The summed E-state index contributed by atoms with van der Waals surface area (Å²) >= 11 is 0. The molecule has 4 aromatic rings. The van der Waals surface area contributed by atoms with Gasteiger partial charge in [0.2, 0.25) is 11.8 Å². The molecule has 12 nitrogen and oxygen atoms in total. The highest BCUT2D eigenvalue weighted by Crippen LogP contribution is 2.65. The molecule has 12 heteroatoms. The third kappa shape index (κ3) is 4.92. The van der Waals surface area contributed by atoms with Crippen LogP contribution in [0.15, 0.2) is 103 Å². The molecule has 4 aromatic carbocycles. The molecule has 6 atom stereocenters. The number of fused-ring (bicyclic) bond motifs is 4. The number of aromatic hydroxyl groups is 2. The molecule has 0 spiro atoms. The first-order valence-corrected chi connectivity index (χ1v) is 17.3. The molecule has 53 heavy (non-hydrogen) atoms. The van der Waals surface area contributed by atoms with Gasteiger partial charge >= 0.3 is 5.97 Å². The van der Waals surface area contributed by atoms with E-state index in [2.05, 4.69) is 5.43 Å². The molecule has 4 amide bonds. The van der Waals surface area contributed by atoms with E-state index in [4.69, 9.17) is 4.74 Å². The van der Waals surface area contributed by atoms with Gasteiger partial charge < -0.3 is 20.1 Å². The number of carbonyl (C=O) groups excluding carboxylic acids is 4. The number of benzene rings is 4. The smallest absolute Gasteiger partial charge is 0.339 e. The molecule has 2 aliphatic heterocycles. The van der Waals surface area contributed by atoms with Gasteiger partial charge in [-0.3, -0.25) is 24.6 Å². The normalized spacial score (nSPS) is 26.2. The van der Waals surface area contributed by atoms with Crippen LogP contribution in [-0.2, 0) is 24.6 Å². The van der Waals surface area contributed by atoms with Crippen LogP contribution in [0.3, 0.4) is 0 Å².